The minimum atomic E-state index is -2.27. The van der Waals surface area contributed by atoms with Gasteiger partial charge in [0.05, 0.1) is 0 Å². The Morgan fingerprint density at radius 3 is 2.71 bits per heavy atom. The molecule has 84 valence electrons. The highest BCUT2D eigenvalue weighted by Gasteiger charge is 2.33. The van der Waals surface area contributed by atoms with Crippen LogP contribution >= 0.6 is 24.2 Å². The van der Waals surface area contributed by atoms with Crippen molar-refractivity contribution in [3.8, 4) is 0 Å². The molecule has 0 bridgehead atoms. The zero-order chi connectivity index (χ0) is 9.84. The van der Waals surface area contributed by atoms with Gasteiger partial charge in [0.25, 0.3) is 0 Å². The minimum Gasteiger partial charge on any atom is -0.316 e. The van der Waals surface area contributed by atoms with Crippen molar-refractivity contribution in [3.05, 3.63) is 0 Å². The lowest BCUT2D eigenvalue weighted by atomic mass is 9.99. The lowest BCUT2D eigenvalue weighted by molar-refractivity contribution is -0.109. The Balaban J connectivity index is 0.00000169. The van der Waals surface area contributed by atoms with Gasteiger partial charge in [0.15, 0.2) is 5.12 Å². The molecular weight excluding hydrogens is 232 g/mol. The summed E-state index contributed by atoms with van der Waals surface area (Å²) in [5.74, 6) is -0.127. The monoisotopic (exact) mass is 245 g/mol. The molecule has 2 unspecified atom stereocenters. The number of halogens is 3. The first-order chi connectivity index (χ1) is 6.11. The number of alkyl halides is 2. The van der Waals surface area contributed by atoms with Gasteiger partial charge in [-0.25, -0.2) is 8.78 Å². The van der Waals surface area contributed by atoms with Crippen LogP contribution in [0.1, 0.15) is 6.92 Å². The number of rotatable bonds is 3. The average molecular weight is 246 g/mol. The number of hydrogen-bond acceptors (Lipinski definition) is 3. The van der Waals surface area contributed by atoms with E-state index in [4.69, 9.17) is 0 Å². The first-order valence-electron chi connectivity index (χ1n) is 4.23. The third kappa shape index (κ3) is 4.11. The van der Waals surface area contributed by atoms with E-state index in [2.05, 4.69) is 5.32 Å². The van der Waals surface area contributed by atoms with Crippen molar-refractivity contribution in [2.24, 2.45) is 11.8 Å². The van der Waals surface area contributed by atoms with Crippen LogP contribution in [0.15, 0.2) is 0 Å². The fourth-order valence-corrected chi connectivity index (χ4v) is 2.27. The van der Waals surface area contributed by atoms with Crippen molar-refractivity contribution in [2.75, 3.05) is 18.8 Å². The van der Waals surface area contributed by atoms with Gasteiger partial charge in [0.2, 0.25) is 6.43 Å². The van der Waals surface area contributed by atoms with Gasteiger partial charge in [-0.15, -0.1) is 12.4 Å². The van der Waals surface area contributed by atoms with Gasteiger partial charge in [0.1, 0.15) is 0 Å². The Morgan fingerprint density at radius 2 is 2.21 bits per heavy atom. The molecule has 1 aliphatic heterocycles. The summed E-state index contributed by atoms with van der Waals surface area (Å²) < 4.78 is 24.8. The van der Waals surface area contributed by atoms with Crippen LogP contribution in [0.2, 0.25) is 0 Å². The molecule has 0 spiro atoms. The number of hydrogen-bond donors (Lipinski definition) is 1. The van der Waals surface area contributed by atoms with Crippen LogP contribution in [0, 0.1) is 11.8 Å². The number of carbonyl (C=O) groups is 1. The molecule has 0 aliphatic carbocycles. The van der Waals surface area contributed by atoms with Gasteiger partial charge >= 0.3 is 0 Å². The van der Waals surface area contributed by atoms with Gasteiger partial charge in [-0.05, 0) is 12.5 Å². The van der Waals surface area contributed by atoms with Crippen molar-refractivity contribution in [1.82, 2.24) is 5.32 Å². The largest absolute Gasteiger partial charge is 0.316 e. The van der Waals surface area contributed by atoms with Crippen LogP contribution in [0.3, 0.4) is 0 Å². The average Bonchev–Trinajstić information content (AvgIpc) is 2.47. The third-order valence-corrected chi connectivity index (χ3v) is 3.22. The fourth-order valence-electron chi connectivity index (χ4n) is 1.46. The molecule has 14 heavy (non-hydrogen) atoms. The van der Waals surface area contributed by atoms with Gasteiger partial charge in [0, 0.05) is 25.1 Å². The third-order valence-electron chi connectivity index (χ3n) is 2.22. The van der Waals surface area contributed by atoms with Gasteiger partial charge < -0.3 is 5.32 Å². The summed E-state index contributed by atoms with van der Waals surface area (Å²) in [6.07, 6.45) is -2.27. The molecule has 0 aromatic rings. The van der Waals surface area contributed by atoms with Gasteiger partial charge in [-0.3, -0.25) is 4.79 Å². The molecule has 1 fully saturated rings. The van der Waals surface area contributed by atoms with Crippen LogP contribution in [0.5, 0.6) is 0 Å². The number of nitrogens with one attached hydrogen (secondary N) is 1. The van der Waals surface area contributed by atoms with E-state index in [0.717, 1.165) is 11.8 Å². The summed E-state index contributed by atoms with van der Waals surface area (Å²) >= 11 is 1.14. The molecule has 1 N–H and O–H groups in total. The molecule has 0 aromatic heterocycles. The number of thioether (sulfide) groups is 1. The molecule has 6 heteroatoms. The maximum absolute atomic E-state index is 12.4. The summed E-state index contributed by atoms with van der Waals surface area (Å²) in [4.78, 5) is 10.6. The smallest absolute Gasteiger partial charge is 0.242 e. The first-order valence-corrected chi connectivity index (χ1v) is 5.22. The molecule has 0 aromatic carbocycles. The lowest BCUT2D eigenvalue weighted by Crippen LogP contribution is -2.22. The predicted molar refractivity (Wildman–Crippen MR) is 56.2 cm³/mol. The van der Waals surface area contributed by atoms with E-state index in [9.17, 15) is 13.6 Å². The van der Waals surface area contributed by atoms with Crippen molar-refractivity contribution >= 4 is 29.3 Å². The highest BCUT2D eigenvalue weighted by Crippen LogP contribution is 2.26. The normalized spacial score (nSPS) is 26.3. The van der Waals surface area contributed by atoms with E-state index in [-0.39, 0.29) is 23.4 Å². The van der Waals surface area contributed by atoms with Crippen LogP contribution in [-0.4, -0.2) is 30.4 Å². The van der Waals surface area contributed by atoms with Crippen LogP contribution in [-0.2, 0) is 4.79 Å². The maximum atomic E-state index is 12.4. The lowest BCUT2D eigenvalue weighted by Gasteiger charge is -2.15. The molecule has 0 amide bonds. The van der Waals surface area contributed by atoms with Crippen molar-refractivity contribution in [2.45, 2.75) is 13.3 Å². The van der Waals surface area contributed by atoms with Crippen LogP contribution in [0.25, 0.3) is 0 Å². The van der Waals surface area contributed by atoms with E-state index < -0.39 is 12.3 Å². The molecule has 0 radical (unpaired) electrons. The first kappa shape index (κ1) is 14.1. The maximum Gasteiger partial charge on any atom is 0.242 e. The SMILES string of the molecule is CC(=O)SCC1CNCC1C(F)F.Cl. The molecule has 0 saturated carbocycles. The summed E-state index contributed by atoms with van der Waals surface area (Å²) in [5.41, 5.74) is 0. The van der Waals surface area contributed by atoms with E-state index in [1.165, 1.54) is 6.92 Å². The van der Waals surface area contributed by atoms with Crippen molar-refractivity contribution in [1.29, 1.82) is 0 Å². The van der Waals surface area contributed by atoms with Crippen LogP contribution < -0.4 is 5.32 Å². The van der Waals surface area contributed by atoms with Crippen LogP contribution in [0.4, 0.5) is 8.78 Å². The zero-order valence-electron chi connectivity index (χ0n) is 7.83. The second-order valence-electron chi connectivity index (χ2n) is 3.22. The summed E-state index contributed by atoms with van der Waals surface area (Å²) in [5, 5.41) is 2.92. The summed E-state index contributed by atoms with van der Waals surface area (Å²) in [6, 6.07) is 0. The molecule has 1 heterocycles. The Kier molecular flexibility index (Phi) is 6.64. The molecule has 2 nitrogen and oxygen atoms in total. The topological polar surface area (TPSA) is 29.1 Å². The van der Waals surface area contributed by atoms with Gasteiger partial charge in [-0.1, -0.05) is 11.8 Å². The van der Waals surface area contributed by atoms with E-state index >= 15 is 0 Å². The Bertz CT molecular complexity index is 194. The highest BCUT2D eigenvalue weighted by atomic mass is 35.5. The Labute approximate surface area is 92.6 Å². The second-order valence-corrected chi connectivity index (χ2v) is 4.42. The van der Waals surface area contributed by atoms with Gasteiger partial charge in [-0.2, -0.15) is 0 Å². The molecule has 1 saturated heterocycles. The second kappa shape index (κ2) is 6.58. The molecule has 2 atom stereocenters. The zero-order valence-corrected chi connectivity index (χ0v) is 9.47. The van der Waals surface area contributed by atoms with E-state index in [0.29, 0.717) is 18.8 Å². The molecular formula is C8H14ClF2NOS. The predicted octanol–water partition coefficient (Wildman–Crippen LogP) is 1.79. The van der Waals surface area contributed by atoms with E-state index in [1.807, 2.05) is 0 Å². The summed E-state index contributed by atoms with van der Waals surface area (Å²) in [6.45, 7) is 2.44. The Morgan fingerprint density at radius 1 is 1.57 bits per heavy atom. The number of carbonyl (C=O) groups excluding carboxylic acids is 1. The van der Waals surface area contributed by atoms with E-state index in [1.54, 1.807) is 0 Å². The highest BCUT2D eigenvalue weighted by molar-refractivity contribution is 8.13. The Hall–Kier alpha value is 0.130. The molecule has 1 aliphatic rings. The standard InChI is InChI=1S/C8H13F2NOS.ClH/c1-5(12)13-4-6-2-11-3-7(6)8(9)10;/h6-8,11H,2-4H2,1H3;1H. The van der Waals surface area contributed by atoms with Crippen molar-refractivity contribution < 1.29 is 13.6 Å². The fraction of sp³-hybridized carbons (Fsp3) is 0.875. The molecule has 1 rings (SSSR count). The summed E-state index contributed by atoms with van der Waals surface area (Å²) in [7, 11) is 0. The van der Waals surface area contributed by atoms with Crippen molar-refractivity contribution in [3.63, 3.8) is 0 Å². The quantitative estimate of drug-likeness (QED) is 0.822. The minimum absolute atomic E-state index is 0.